The van der Waals surface area contributed by atoms with Gasteiger partial charge in [-0.1, -0.05) is 19.1 Å². The minimum atomic E-state index is -0.561. The van der Waals surface area contributed by atoms with Crippen molar-refractivity contribution in [2.75, 3.05) is 18.2 Å². The van der Waals surface area contributed by atoms with Crippen LogP contribution in [0.2, 0.25) is 0 Å². The van der Waals surface area contributed by atoms with E-state index in [1.54, 1.807) is 24.3 Å². The summed E-state index contributed by atoms with van der Waals surface area (Å²) in [5.74, 6) is -0.159. The van der Waals surface area contributed by atoms with E-state index in [-0.39, 0.29) is 29.0 Å². The molecule has 29 heavy (non-hydrogen) atoms. The Kier molecular flexibility index (Phi) is 8.02. The molecule has 0 fully saturated rings. The first kappa shape index (κ1) is 22.2. The topological polar surface area (TPSA) is 111 Å². The summed E-state index contributed by atoms with van der Waals surface area (Å²) >= 11 is 1.06. The number of nitrogens with zero attached hydrogens (tertiary/aromatic N) is 1. The van der Waals surface area contributed by atoms with E-state index >= 15 is 0 Å². The molecule has 1 atom stereocenters. The predicted octanol–water partition coefficient (Wildman–Crippen LogP) is 3.86. The van der Waals surface area contributed by atoms with Crippen LogP contribution >= 0.6 is 11.8 Å². The van der Waals surface area contributed by atoms with Crippen molar-refractivity contribution < 1.29 is 19.2 Å². The van der Waals surface area contributed by atoms with E-state index < -0.39 is 10.8 Å². The van der Waals surface area contributed by atoms with Gasteiger partial charge in [-0.15, -0.1) is 11.8 Å². The van der Waals surface area contributed by atoms with Crippen LogP contribution in [-0.2, 0) is 4.79 Å². The number of rotatable bonds is 9. The zero-order chi connectivity index (χ0) is 21.4. The van der Waals surface area contributed by atoms with Gasteiger partial charge in [0.2, 0.25) is 5.91 Å². The molecular formula is C20H23N3O5S. The average Bonchev–Trinajstić information content (AvgIpc) is 2.72. The summed E-state index contributed by atoms with van der Waals surface area (Å²) in [6.45, 7) is 3.85. The number of hydrogen-bond donors (Lipinski definition) is 2. The summed E-state index contributed by atoms with van der Waals surface area (Å²) in [7, 11) is 1.49. The number of benzene rings is 2. The monoisotopic (exact) mass is 417 g/mol. The number of nitrogens with one attached hydrogen (secondary N) is 2. The van der Waals surface area contributed by atoms with Gasteiger partial charge in [0, 0.05) is 17.7 Å². The molecule has 0 saturated carbocycles. The number of para-hydroxylation sites is 2. The fourth-order valence-electron chi connectivity index (χ4n) is 2.43. The second-order valence-corrected chi connectivity index (χ2v) is 7.28. The molecule has 2 aromatic rings. The number of anilines is 1. The van der Waals surface area contributed by atoms with Crippen LogP contribution in [-0.4, -0.2) is 35.6 Å². The molecule has 0 aliphatic carbocycles. The number of methoxy groups -OCH3 is 1. The molecule has 0 unspecified atom stereocenters. The van der Waals surface area contributed by atoms with Gasteiger partial charge in [0.25, 0.3) is 11.6 Å². The number of nitro groups is 1. The SMILES string of the molecule is CC[C@H](C)NC(=O)CSc1ccc(C(=O)Nc2ccccc2OC)cc1[N+](=O)[O-]. The number of carbonyl (C=O) groups is 2. The number of carbonyl (C=O) groups excluding carboxylic acids is 2. The van der Waals surface area contributed by atoms with Gasteiger partial charge in [0.15, 0.2) is 0 Å². The Hall–Kier alpha value is -3.07. The highest BCUT2D eigenvalue weighted by atomic mass is 32.2. The molecule has 0 bridgehead atoms. The summed E-state index contributed by atoms with van der Waals surface area (Å²) in [5.41, 5.74) is 0.373. The van der Waals surface area contributed by atoms with Crippen LogP contribution < -0.4 is 15.4 Å². The molecule has 8 nitrogen and oxygen atoms in total. The standard InChI is InChI=1S/C20H23N3O5S/c1-4-13(2)21-19(24)12-29-18-10-9-14(11-16(18)23(26)27)20(25)22-15-7-5-6-8-17(15)28-3/h5-11,13H,4,12H2,1-3H3,(H,21,24)(H,22,25)/t13-/m0/s1. The minimum Gasteiger partial charge on any atom is -0.495 e. The highest BCUT2D eigenvalue weighted by Crippen LogP contribution is 2.31. The number of thioether (sulfide) groups is 1. The zero-order valence-corrected chi connectivity index (χ0v) is 17.2. The van der Waals surface area contributed by atoms with E-state index in [1.807, 2.05) is 13.8 Å². The summed E-state index contributed by atoms with van der Waals surface area (Å²) in [6.07, 6.45) is 0.798. The van der Waals surface area contributed by atoms with Gasteiger partial charge in [0.1, 0.15) is 5.75 Å². The van der Waals surface area contributed by atoms with Crippen molar-refractivity contribution in [1.82, 2.24) is 5.32 Å². The number of nitro benzene ring substituents is 1. The molecule has 0 saturated heterocycles. The molecule has 154 valence electrons. The van der Waals surface area contributed by atoms with Crippen LogP contribution in [0.25, 0.3) is 0 Å². The quantitative estimate of drug-likeness (QED) is 0.364. The molecule has 0 aliphatic rings. The molecule has 9 heteroatoms. The fourth-order valence-corrected chi connectivity index (χ4v) is 3.24. The lowest BCUT2D eigenvalue weighted by Crippen LogP contribution is -2.33. The number of hydrogen-bond acceptors (Lipinski definition) is 6. The molecule has 0 radical (unpaired) electrons. The van der Waals surface area contributed by atoms with Crippen molar-refractivity contribution >= 4 is 35.0 Å². The minimum absolute atomic E-state index is 0.0409. The van der Waals surface area contributed by atoms with Crippen molar-refractivity contribution in [3.63, 3.8) is 0 Å². The molecule has 2 aromatic carbocycles. The van der Waals surface area contributed by atoms with Crippen LogP contribution in [0.1, 0.15) is 30.6 Å². The highest BCUT2D eigenvalue weighted by molar-refractivity contribution is 8.00. The Bertz CT molecular complexity index is 903. The molecule has 2 rings (SSSR count). The lowest BCUT2D eigenvalue weighted by Gasteiger charge is -2.12. The summed E-state index contributed by atoms with van der Waals surface area (Å²) < 4.78 is 5.19. The van der Waals surface area contributed by atoms with Gasteiger partial charge in [0.05, 0.1) is 28.4 Å². The predicted molar refractivity (Wildman–Crippen MR) is 113 cm³/mol. The van der Waals surface area contributed by atoms with Crippen molar-refractivity contribution in [1.29, 1.82) is 0 Å². The Morgan fingerprint density at radius 2 is 1.97 bits per heavy atom. The third-order valence-electron chi connectivity index (χ3n) is 4.15. The van der Waals surface area contributed by atoms with Crippen LogP contribution in [0.15, 0.2) is 47.4 Å². The second kappa shape index (κ2) is 10.5. The smallest absolute Gasteiger partial charge is 0.283 e. The third-order valence-corrected chi connectivity index (χ3v) is 5.21. The largest absolute Gasteiger partial charge is 0.495 e. The maximum atomic E-state index is 12.5. The Balaban J connectivity index is 2.15. The average molecular weight is 417 g/mol. The lowest BCUT2D eigenvalue weighted by molar-refractivity contribution is -0.387. The van der Waals surface area contributed by atoms with Crippen molar-refractivity contribution in [2.45, 2.75) is 31.2 Å². The Labute approximate surface area is 173 Å². The van der Waals surface area contributed by atoms with Crippen molar-refractivity contribution in [3.8, 4) is 5.75 Å². The number of ether oxygens (including phenoxy) is 1. The van der Waals surface area contributed by atoms with Gasteiger partial charge in [-0.2, -0.15) is 0 Å². The number of amides is 2. The molecule has 0 aliphatic heterocycles. The van der Waals surface area contributed by atoms with Gasteiger partial charge in [-0.3, -0.25) is 19.7 Å². The highest BCUT2D eigenvalue weighted by Gasteiger charge is 2.20. The van der Waals surface area contributed by atoms with E-state index in [1.165, 1.54) is 25.3 Å². The first-order chi connectivity index (χ1) is 13.8. The summed E-state index contributed by atoms with van der Waals surface area (Å²) in [6, 6.07) is 11.1. The first-order valence-corrected chi connectivity index (χ1v) is 9.99. The van der Waals surface area contributed by atoms with E-state index in [4.69, 9.17) is 4.74 Å². The van der Waals surface area contributed by atoms with E-state index in [9.17, 15) is 19.7 Å². The van der Waals surface area contributed by atoms with Gasteiger partial charge >= 0.3 is 0 Å². The van der Waals surface area contributed by atoms with Crippen LogP contribution in [0.3, 0.4) is 0 Å². The first-order valence-electron chi connectivity index (χ1n) is 9.00. The fraction of sp³-hybridized carbons (Fsp3) is 0.300. The zero-order valence-electron chi connectivity index (χ0n) is 16.4. The van der Waals surface area contributed by atoms with Crippen LogP contribution in [0, 0.1) is 10.1 Å². The molecular weight excluding hydrogens is 394 g/mol. The van der Waals surface area contributed by atoms with Crippen LogP contribution in [0.4, 0.5) is 11.4 Å². The summed E-state index contributed by atoms with van der Waals surface area (Å²) in [5, 5.41) is 17.0. The Morgan fingerprint density at radius 1 is 1.24 bits per heavy atom. The van der Waals surface area contributed by atoms with Crippen molar-refractivity contribution in [3.05, 3.63) is 58.1 Å². The van der Waals surface area contributed by atoms with Gasteiger partial charge in [-0.25, -0.2) is 0 Å². The second-order valence-electron chi connectivity index (χ2n) is 6.26. The lowest BCUT2D eigenvalue weighted by atomic mass is 10.2. The van der Waals surface area contributed by atoms with E-state index in [0.29, 0.717) is 16.3 Å². The molecule has 2 amide bonds. The maximum Gasteiger partial charge on any atom is 0.283 e. The normalized spacial score (nSPS) is 11.4. The van der Waals surface area contributed by atoms with Crippen molar-refractivity contribution in [2.24, 2.45) is 0 Å². The van der Waals surface area contributed by atoms with Gasteiger partial charge in [-0.05, 0) is 37.6 Å². The molecule has 0 spiro atoms. The molecule has 0 aromatic heterocycles. The summed E-state index contributed by atoms with van der Waals surface area (Å²) in [4.78, 5) is 35.7. The van der Waals surface area contributed by atoms with Crippen LogP contribution in [0.5, 0.6) is 5.75 Å². The van der Waals surface area contributed by atoms with E-state index in [2.05, 4.69) is 10.6 Å². The van der Waals surface area contributed by atoms with E-state index in [0.717, 1.165) is 18.2 Å². The van der Waals surface area contributed by atoms with Gasteiger partial charge < -0.3 is 15.4 Å². The molecule has 0 heterocycles. The maximum absolute atomic E-state index is 12.5. The Morgan fingerprint density at radius 3 is 2.62 bits per heavy atom. The molecule has 2 N–H and O–H groups in total. The third kappa shape index (κ3) is 6.21.